The highest BCUT2D eigenvalue weighted by molar-refractivity contribution is 5.51. The summed E-state index contributed by atoms with van der Waals surface area (Å²) < 4.78 is 7.42. The van der Waals surface area contributed by atoms with Crippen LogP contribution >= 0.6 is 0 Å². The van der Waals surface area contributed by atoms with Crippen LogP contribution in [0.4, 0.5) is 5.69 Å². The minimum atomic E-state index is 0.516. The summed E-state index contributed by atoms with van der Waals surface area (Å²) in [7, 11) is 0. The lowest BCUT2D eigenvalue weighted by Crippen LogP contribution is -2.36. The van der Waals surface area contributed by atoms with Gasteiger partial charge in [0, 0.05) is 25.6 Å². The molecule has 1 saturated carbocycles. The van der Waals surface area contributed by atoms with Gasteiger partial charge >= 0.3 is 0 Å². The van der Waals surface area contributed by atoms with Crippen molar-refractivity contribution in [2.45, 2.75) is 31.6 Å². The van der Waals surface area contributed by atoms with Gasteiger partial charge in [-0.3, -0.25) is 0 Å². The Bertz CT molecular complexity index is 726. The van der Waals surface area contributed by atoms with Crippen molar-refractivity contribution in [2.24, 2.45) is 5.92 Å². The summed E-state index contributed by atoms with van der Waals surface area (Å²) in [6.07, 6.45) is 7.40. The lowest BCUT2D eigenvalue weighted by atomic mass is 9.96. The number of fused-ring (bicyclic) bond motifs is 1. The maximum absolute atomic E-state index is 5.45. The fourth-order valence-electron chi connectivity index (χ4n) is 4.11. The Kier molecular flexibility index (Phi) is 4.10. The number of ether oxygens (including phenoxy) is 1. The van der Waals surface area contributed by atoms with E-state index in [1.54, 1.807) is 0 Å². The SMILES string of the molecule is c1cc2nc(C3CCN(CC4CC4)CC3)nn2cc1N1CCOCC1. The molecule has 0 radical (unpaired) electrons. The molecule has 5 rings (SSSR count). The van der Waals surface area contributed by atoms with Crippen LogP contribution in [0.5, 0.6) is 0 Å². The summed E-state index contributed by atoms with van der Waals surface area (Å²) in [5.74, 6) is 2.54. The average Bonchev–Trinajstić information content (AvgIpc) is 3.38. The highest BCUT2D eigenvalue weighted by Gasteiger charge is 2.28. The molecular formula is C19H27N5O. The summed E-state index contributed by atoms with van der Waals surface area (Å²) in [6, 6.07) is 4.26. The number of nitrogens with zero attached hydrogens (tertiary/aromatic N) is 5. The van der Waals surface area contributed by atoms with Crippen molar-refractivity contribution in [3.8, 4) is 0 Å². The van der Waals surface area contributed by atoms with E-state index in [1.165, 1.54) is 51.0 Å². The maximum atomic E-state index is 5.45. The number of hydrogen-bond donors (Lipinski definition) is 0. The number of likely N-dealkylation sites (tertiary alicyclic amines) is 1. The van der Waals surface area contributed by atoms with E-state index in [4.69, 9.17) is 14.8 Å². The zero-order chi connectivity index (χ0) is 16.6. The summed E-state index contributed by atoms with van der Waals surface area (Å²) in [6.45, 7) is 7.24. The Morgan fingerprint density at radius 3 is 2.56 bits per heavy atom. The molecule has 134 valence electrons. The summed E-state index contributed by atoms with van der Waals surface area (Å²) in [4.78, 5) is 9.81. The van der Waals surface area contributed by atoms with Crippen LogP contribution in [-0.4, -0.2) is 65.4 Å². The monoisotopic (exact) mass is 341 g/mol. The molecule has 0 unspecified atom stereocenters. The van der Waals surface area contributed by atoms with Crippen molar-refractivity contribution in [3.05, 3.63) is 24.2 Å². The number of pyridine rings is 1. The zero-order valence-electron chi connectivity index (χ0n) is 14.8. The number of morpholine rings is 1. The van der Waals surface area contributed by atoms with E-state index < -0.39 is 0 Å². The molecule has 0 atom stereocenters. The van der Waals surface area contributed by atoms with Gasteiger partial charge in [-0.15, -0.1) is 0 Å². The number of anilines is 1. The second-order valence-electron chi connectivity index (χ2n) is 7.78. The van der Waals surface area contributed by atoms with E-state index in [0.29, 0.717) is 5.92 Å². The first kappa shape index (κ1) is 15.6. The topological polar surface area (TPSA) is 45.9 Å². The van der Waals surface area contributed by atoms with Gasteiger partial charge in [-0.1, -0.05) is 0 Å². The van der Waals surface area contributed by atoms with E-state index in [0.717, 1.165) is 43.7 Å². The number of rotatable bonds is 4. The predicted molar refractivity (Wildman–Crippen MR) is 97.2 cm³/mol. The fourth-order valence-corrected chi connectivity index (χ4v) is 4.11. The van der Waals surface area contributed by atoms with Gasteiger partial charge in [-0.25, -0.2) is 9.50 Å². The lowest BCUT2D eigenvalue weighted by molar-refractivity contribution is 0.122. The molecule has 1 aliphatic carbocycles. The van der Waals surface area contributed by atoms with Gasteiger partial charge in [0.05, 0.1) is 25.1 Å². The van der Waals surface area contributed by atoms with Gasteiger partial charge in [0.1, 0.15) is 0 Å². The van der Waals surface area contributed by atoms with Crippen LogP contribution in [-0.2, 0) is 4.74 Å². The van der Waals surface area contributed by atoms with Crippen LogP contribution in [0, 0.1) is 5.92 Å². The summed E-state index contributed by atoms with van der Waals surface area (Å²) in [5.41, 5.74) is 2.18. The molecule has 2 aromatic rings. The Morgan fingerprint density at radius 1 is 1.00 bits per heavy atom. The van der Waals surface area contributed by atoms with E-state index in [9.17, 15) is 0 Å². The second-order valence-corrected chi connectivity index (χ2v) is 7.78. The van der Waals surface area contributed by atoms with E-state index in [1.807, 2.05) is 4.52 Å². The third-order valence-corrected chi connectivity index (χ3v) is 5.87. The van der Waals surface area contributed by atoms with Gasteiger partial charge < -0.3 is 14.5 Å². The Labute approximate surface area is 148 Å². The third-order valence-electron chi connectivity index (χ3n) is 5.87. The standard InChI is InChI=1S/C19H27N5O/c1-2-15(1)13-22-7-5-16(6-8-22)19-20-18-4-3-17(14-24(18)21-19)23-9-11-25-12-10-23/h3-4,14-16H,1-2,5-13H2. The molecular weight excluding hydrogens is 314 g/mol. The van der Waals surface area contributed by atoms with Crippen LogP contribution in [0.15, 0.2) is 18.3 Å². The Hall–Kier alpha value is -1.66. The third kappa shape index (κ3) is 3.37. The van der Waals surface area contributed by atoms with Crippen molar-refractivity contribution in [2.75, 3.05) is 50.8 Å². The molecule has 25 heavy (non-hydrogen) atoms. The van der Waals surface area contributed by atoms with Crippen molar-refractivity contribution in [1.82, 2.24) is 19.5 Å². The minimum Gasteiger partial charge on any atom is -0.378 e. The molecule has 0 spiro atoms. The second kappa shape index (κ2) is 6.57. The van der Waals surface area contributed by atoms with Crippen molar-refractivity contribution in [1.29, 1.82) is 0 Å². The number of aromatic nitrogens is 3. The highest BCUT2D eigenvalue weighted by Crippen LogP contribution is 2.32. The largest absolute Gasteiger partial charge is 0.378 e. The quantitative estimate of drug-likeness (QED) is 0.853. The first-order valence-corrected chi connectivity index (χ1v) is 9.76. The van der Waals surface area contributed by atoms with Crippen LogP contribution in [0.3, 0.4) is 0 Å². The minimum absolute atomic E-state index is 0.516. The fraction of sp³-hybridized carbons (Fsp3) is 0.684. The van der Waals surface area contributed by atoms with Gasteiger partial charge in [-0.05, 0) is 56.8 Å². The van der Waals surface area contributed by atoms with Crippen molar-refractivity contribution < 1.29 is 4.74 Å². The molecule has 3 fully saturated rings. The molecule has 2 aliphatic heterocycles. The molecule has 0 bridgehead atoms. The Balaban J connectivity index is 1.29. The zero-order valence-corrected chi connectivity index (χ0v) is 14.8. The maximum Gasteiger partial charge on any atom is 0.155 e. The molecule has 0 amide bonds. The summed E-state index contributed by atoms with van der Waals surface area (Å²) >= 11 is 0. The van der Waals surface area contributed by atoms with Crippen molar-refractivity contribution >= 4 is 11.3 Å². The molecule has 2 saturated heterocycles. The van der Waals surface area contributed by atoms with Crippen LogP contribution in [0.1, 0.15) is 37.4 Å². The van der Waals surface area contributed by atoms with Crippen LogP contribution in [0.25, 0.3) is 5.65 Å². The van der Waals surface area contributed by atoms with Crippen LogP contribution < -0.4 is 4.90 Å². The molecule has 2 aromatic heterocycles. The molecule has 4 heterocycles. The smallest absolute Gasteiger partial charge is 0.155 e. The van der Waals surface area contributed by atoms with Gasteiger partial charge in [0.15, 0.2) is 11.5 Å². The molecule has 6 nitrogen and oxygen atoms in total. The van der Waals surface area contributed by atoms with E-state index in [2.05, 4.69) is 28.1 Å². The highest BCUT2D eigenvalue weighted by atomic mass is 16.5. The first-order valence-electron chi connectivity index (χ1n) is 9.76. The number of hydrogen-bond acceptors (Lipinski definition) is 5. The average molecular weight is 341 g/mol. The normalized spacial score (nSPS) is 23.4. The lowest BCUT2D eigenvalue weighted by Gasteiger charge is -2.30. The Morgan fingerprint density at radius 2 is 1.80 bits per heavy atom. The molecule has 0 N–H and O–H groups in total. The molecule has 3 aliphatic rings. The van der Waals surface area contributed by atoms with Crippen LogP contribution in [0.2, 0.25) is 0 Å². The first-order chi connectivity index (χ1) is 12.3. The number of piperidine rings is 1. The van der Waals surface area contributed by atoms with E-state index in [-0.39, 0.29) is 0 Å². The predicted octanol–water partition coefficient (Wildman–Crippen LogP) is 2.16. The molecule has 6 heteroatoms. The molecule has 0 aromatic carbocycles. The van der Waals surface area contributed by atoms with Gasteiger partial charge in [0.25, 0.3) is 0 Å². The van der Waals surface area contributed by atoms with E-state index >= 15 is 0 Å². The van der Waals surface area contributed by atoms with Gasteiger partial charge in [-0.2, -0.15) is 5.10 Å². The van der Waals surface area contributed by atoms with Crippen molar-refractivity contribution in [3.63, 3.8) is 0 Å². The summed E-state index contributed by atoms with van der Waals surface area (Å²) in [5, 5.41) is 4.82. The van der Waals surface area contributed by atoms with Gasteiger partial charge in [0.2, 0.25) is 0 Å².